The molecule has 4 aliphatic rings. The highest BCUT2D eigenvalue weighted by molar-refractivity contribution is 5.97. The minimum atomic E-state index is -0.230. The minimum Gasteiger partial charge on any atom is -0.349 e. The smallest absolute Gasteiger partial charge is 0.251 e. The van der Waals surface area contributed by atoms with E-state index in [1.807, 2.05) is 49.1 Å². The van der Waals surface area contributed by atoms with E-state index in [9.17, 15) is 36.7 Å². The van der Waals surface area contributed by atoms with E-state index < -0.39 is 0 Å². The van der Waals surface area contributed by atoms with Crippen LogP contribution in [0.4, 0.5) is 17.6 Å². The maximum atomic E-state index is 13.8. The number of benzene rings is 8. The van der Waals surface area contributed by atoms with Gasteiger partial charge in [0.05, 0.1) is 68.6 Å². The van der Waals surface area contributed by atoms with Crippen LogP contribution in [0.2, 0.25) is 0 Å². The largest absolute Gasteiger partial charge is 0.349 e. The molecule has 4 N–H and O–H groups in total. The van der Waals surface area contributed by atoms with Gasteiger partial charge in [0.1, 0.15) is 23.3 Å². The Morgan fingerprint density at radius 3 is 0.645 bits per heavy atom. The number of aromatic nitrogens is 4. The third kappa shape index (κ3) is 22.2. The summed E-state index contributed by atoms with van der Waals surface area (Å²) in [5.41, 5.74) is 12.6. The molecular weight excluding hydrogens is 1560 g/mol. The van der Waals surface area contributed by atoms with E-state index in [4.69, 9.17) is 21.0 Å². The van der Waals surface area contributed by atoms with Crippen LogP contribution in [-0.2, 0) is 0 Å². The van der Waals surface area contributed by atoms with E-state index in [1.165, 1.54) is 46.5 Å². The van der Waals surface area contributed by atoms with E-state index in [2.05, 4.69) is 93.2 Å². The molecule has 4 saturated carbocycles. The molecule has 8 aromatic carbocycles. The zero-order valence-corrected chi connectivity index (χ0v) is 70.6. The number of nitriles is 4. The fraction of sp³-hybridized carbons (Fsp3) is 0.346. The standard InChI is InChI=1S/4C26H26FN3O/c4*1-2-24(30-26(31)20-5-3-17(16-28)4-6-20)19-9-7-18(8-10-19)22-13-14-29-25-12-11-21(27)15-23(22)25/h4*3-6,11-15,18-19,24H,2,7-10H2,1H3,(H,30,31)/t4*18?,19?,24-/m1100/s1. The van der Waals surface area contributed by atoms with Crippen molar-refractivity contribution in [1.29, 1.82) is 21.0 Å². The second-order valence-corrected chi connectivity index (χ2v) is 33.4. The number of halogens is 4. The SMILES string of the molecule is CC[C@@H](NC(=O)c1ccc(C#N)cc1)C1CCC(c2ccnc3ccc(F)cc23)CC1.CC[C@@H](NC(=O)c1ccc(C#N)cc1)C1CCC(c2ccnc3ccc(F)cc23)CC1.CC[C@H](NC(=O)c1ccc(C#N)cc1)C1CCC(c2ccnc3ccc(F)cc23)CC1.CC[C@H](NC(=O)c1ccc(C#N)cc1)C1CCC(c2ccnc3ccc(F)cc23)CC1. The van der Waals surface area contributed by atoms with Crippen molar-refractivity contribution in [2.75, 3.05) is 0 Å². The predicted octanol–water partition coefficient (Wildman–Crippen LogP) is 22.9. The van der Waals surface area contributed by atoms with Crippen molar-refractivity contribution >= 4 is 67.2 Å². The lowest BCUT2D eigenvalue weighted by molar-refractivity contribution is 0.0901. The van der Waals surface area contributed by atoms with Crippen molar-refractivity contribution in [3.63, 3.8) is 0 Å². The van der Waals surface area contributed by atoms with Crippen LogP contribution in [0, 0.1) is 92.3 Å². The molecule has 4 heterocycles. The molecule has 4 aliphatic carbocycles. The highest BCUT2D eigenvalue weighted by Gasteiger charge is 2.35. The Kier molecular flexibility index (Phi) is 30.5. The molecule has 4 atom stereocenters. The number of carbonyl (C=O) groups is 4. The molecule has 4 aromatic heterocycles. The number of pyridine rings is 4. The first-order valence-corrected chi connectivity index (χ1v) is 43.8. The molecule has 0 bridgehead atoms. The summed E-state index contributed by atoms with van der Waals surface area (Å²) in [6.45, 7) is 8.42. The number of nitrogens with one attached hydrogen (secondary N) is 4. The van der Waals surface area contributed by atoms with Gasteiger partial charge in [0.25, 0.3) is 23.6 Å². The van der Waals surface area contributed by atoms with Gasteiger partial charge < -0.3 is 21.3 Å². The number of nitrogens with zero attached hydrogens (tertiary/aromatic N) is 8. The van der Waals surface area contributed by atoms with Crippen LogP contribution in [-0.4, -0.2) is 67.7 Å². The van der Waals surface area contributed by atoms with Gasteiger partial charge >= 0.3 is 0 Å². The Morgan fingerprint density at radius 2 is 0.476 bits per heavy atom. The molecule has 12 aromatic rings. The second-order valence-electron chi connectivity index (χ2n) is 33.4. The maximum absolute atomic E-state index is 13.8. The topological polar surface area (TPSA) is 263 Å². The molecule has 16 rings (SSSR count). The van der Waals surface area contributed by atoms with Crippen molar-refractivity contribution < 1.29 is 36.7 Å². The van der Waals surface area contributed by atoms with Crippen LogP contribution < -0.4 is 21.3 Å². The molecule has 0 saturated heterocycles. The molecule has 16 nitrogen and oxygen atoms in total. The Bertz CT molecular complexity index is 5170. The van der Waals surface area contributed by atoms with E-state index in [0.29, 0.717) is 91.9 Å². The lowest BCUT2D eigenvalue weighted by Crippen LogP contribution is -2.41. The summed E-state index contributed by atoms with van der Waals surface area (Å²) in [6, 6.07) is 63.0. The predicted molar refractivity (Wildman–Crippen MR) is 476 cm³/mol. The van der Waals surface area contributed by atoms with Gasteiger partial charge in [-0.1, -0.05) is 27.7 Å². The molecule has 124 heavy (non-hydrogen) atoms. The highest BCUT2D eigenvalue weighted by Crippen LogP contribution is 2.45. The molecule has 0 unspecified atom stereocenters. The summed E-state index contributed by atoms with van der Waals surface area (Å²) in [7, 11) is 0. The van der Waals surface area contributed by atoms with Gasteiger partial charge in [0.2, 0.25) is 0 Å². The summed E-state index contributed by atoms with van der Waals surface area (Å²) in [4.78, 5) is 68.2. The average Bonchev–Trinajstić information content (AvgIpc) is 0.805. The van der Waals surface area contributed by atoms with Crippen molar-refractivity contribution in [2.45, 2.75) is 204 Å². The van der Waals surface area contributed by atoms with Crippen LogP contribution >= 0.6 is 0 Å². The van der Waals surface area contributed by atoms with Gasteiger partial charge in [-0.05, 0) is 392 Å². The summed E-state index contributed by atoms with van der Waals surface area (Å²) in [6.07, 6.45) is 27.1. The molecule has 0 spiro atoms. The number of hydrogen-bond acceptors (Lipinski definition) is 12. The molecular formula is C104H104F4N12O4. The van der Waals surface area contributed by atoms with Crippen molar-refractivity contribution in [3.8, 4) is 24.3 Å². The normalized spacial score (nSPS) is 19.5. The molecule has 20 heteroatoms. The Balaban J connectivity index is 0.000000142. The summed E-state index contributed by atoms with van der Waals surface area (Å²) < 4.78 is 55.3. The summed E-state index contributed by atoms with van der Waals surface area (Å²) in [5.74, 6) is 1.96. The lowest BCUT2D eigenvalue weighted by Gasteiger charge is -2.34. The summed E-state index contributed by atoms with van der Waals surface area (Å²) in [5, 5.41) is 52.1. The lowest BCUT2D eigenvalue weighted by atomic mass is 9.75. The Morgan fingerprint density at radius 1 is 0.290 bits per heavy atom. The van der Waals surface area contributed by atoms with Crippen LogP contribution in [0.1, 0.15) is 266 Å². The van der Waals surface area contributed by atoms with Gasteiger partial charge in [0.15, 0.2) is 0 Å². The molecule has 4 fully saturated rings. The minimum absolute atomic E-state index is 0.0888. The number of hydrogen-bond donors (Lipinski definition) is 4. The number of fused-ring (bicyclic) bond motifs is 4. The molecule has 0 radical (unpaired) electrons. The van der Waals surface area contributed by atoms with Crippen molar-refractivity contribution in [2.24, 2.45) is 23.7 Å². The first-order chi connectivity index (χ1) is 60.3. The molecule has 4 amide bonds. The first kappa shape index (κ1) is 88.7. The van der Waals surface area contributed by atoms with E-state index in [0.717, 1.165) is 172 Å². The maximum Gasteiger partial charge on any atom is 0.251 e. The van der Waals surface area contributed by atoms with Crippen LogP contribution in [0.25, 0.3) is 43.6 Å². The quantitative estimate of drug-likeness (QED) is 0.0519. The van der Waals surface area contributed by atoms with Gasteiger partial charge in [0, 0.05) is 92.8 Å². The van der Waals surface area contributed by atoms with Crippen molar-refractivity contribution in [1.82, 2.24) is 41.2 Å². The highest BCUT2D eigenvalue weighted by atomic mass is 19.1. The monoisotopic (exact) mass is 1660 g/mol. The third-order valence-electron chi connectivity index (χ3n) is 26.2. The van der Waals surface area contributed by atoms with E-state index in [-0.39, 0.29) is 71.1 Å². The summed E-state index contributed by atoms with van der Waals surface area (Å²) >= 11 is 0. The van der Waals surface area contributed by atoms with E-state index >= 15 is 0 Å². The Hall–Kier alpha value is -13.0. The fourth-order valence-corrected chi connectivity index (χ4v) is 19.3. The van der Waals surface area contributed by atoms with Crippen LogP contribution in [0.15, 0.2) is 219 Å². The zero-order valence-electron chi connectivity index (χ0n) is 70.6. The molecule has 0 aliphatic heterocycles. The first-order valence-electron chi connectivity index (χ1n) is 43.8. The van der Waals surface area contributed by atoms with Gasteiger partial charge in [-0.3, -0.25) is 39.1 Å². The number of carbonyl (C=O) groups excluding carboxylic acids is 4. The van der Waals surface area contributed by atoms with E-state index in [1.54, 1.807) is 146 Å². The van der Waals surface area contributed by atoms with Gasteiger partial charge in [-0.2, -0.15) is 21.0 Å². The fourth-order valence-electron chi connectivity index (χ4n) is 19.3. The third-order valence-corrected chi connectivity index (χ3v) is 26.2. The second kappa shape index (κ2) is 42.6. The number of rotatable bonds is 20. The number of amides is 4. The molecule has 632 valence electrons. The Labute approximate surface area is 723 Å². The van der Waals surface area contributed by atoms with Crippen LogP contribution in [0.3, 0.4) is 0 Å². The van der Waals surface area contributed by atoms with Gasteiger partial charge in [-0.15, -0.1) is 0 Å². The zero-order chi connectivity index (χ0) is 87.2. The van der Waals surface area contributed by atoms with Gasteiger partial charge in [-0.25, -0.2) is 17.6 Å². The van der Waals surface area contributed by atoms with Crippen LogP contribution in [0.5, 0.6) is 0 Å². The average molecular weight is 1660 g/mol. The van der Waals surface area contributed by atoms with Crippen molar-refractivity contribution in [3.05, 3.63) is 309 Å².